The van der Waals surface area contributed by atoms with Gasteiger partial charge in [0, 0.05) is 25.4 Å². The number of ether oxygens (including phenoxy) is 2. The molecule has 0 bridgehead atoms. The lowest BCUT2D eigenvalue weighted by atomic mass is 10.1. The Kier molecular flexibility index (Phi) is 5.80. The van der Waals surface area contributed by atoms with E-state index >= 15 is 0 Å². The molecule has 1 amide bonds. The van der Waals surface area contributed by atoms with E-state index in [9.17, 15) is 4.79 Å². The number of nitrogens with zero attached hydrogens (tertiary/aromatic N) is 1. The molecule has 1 fully saturated rings. The maximum Gasteiger partial charge on any atom is 0.224 e. The molecule has 0 radical (unpaired) electrons. The first-order chi connectivity index (χ1) is 11.8. The number of aryl methyl sites for hydroxylation is 1. The Morgan fingerprint density at radius 2 is 2.21 bits per heavy atom. The van der Waals surface area contributed by atoms with Gasteiger partial charge in [0.25, 0.3) is 0 Å². The molecule has 3 rings (SSSR count). The number of carbonyl (C=O) groups excluding carboxylic acids is 1. The van der Waals surface area contributed by atoms with Crippen molar-refractivity contribution in [2.45, 2.75) is 31.8 Å². The zero-order valence-electron chi connectivity index (χ0n) is 13.6. The zero-order chi connectivity index (χ0) is 16.6. The van der Waals surface area contributed by atoms with Crippen LogP contribution in [0, 0.1) is 0 Å². The Labute approximate surface area is 142 Å². The average molecular weight is 326 g/mol. The van der Waals surface area contributed by atoms with Crippen molar-refractivity contribution in [1.82, 2.24) is 4.98 Å². The Morgan fingerprint density at radius 1 is 1.29 bits per heavy atom. The third-order valence-corrected chi connectivity index (χ3v) is 3.97. The highest BCUT2D eigenvalue weighted by atomic mass is 16.5. The predicted molar refractivity (Wildman–Crippen MR) is 92.1 cm³/mol. The Morgan fingerprint density at radius 3 is 3.00 bits per heavy atom. The average Bonchev–Trinajstić information content (AvgIpc) is 3.14. The van der Waals surface area contributed by atoms with E-state index in [4.69, 9.17) is 9.47 Å². The summed E-state index contributed by atoms with van der Waals surface area (Å²) < 4.78 is 11.4. The van der Waals surface area contributed by atoms with Gasteiger partial charge in [0.05, 0.1) is 11.8 Å². The maximum absolute atomic E-state index is 12.2. The van der Waals surface area contributed by atoms with Crippen molar-refractivity contribution in [1.29, 1.82) is 0 Å². The second-order valence-corrected chi connectivity index (χ2v) is 5.85. The molecule has 126 valence electrons. The van der Waals surface area contributed by atoms with Crippen LogP contribution in [-0.4, -0.2) is 30.2 Å². The number of para-hydroxylation sites is 2. The molecule has 1 unspecified atom stereocenters. The van der Waals surface area contributed by atoms with E-state index in [0.717, 1.165) is 25.0 Å². The second-order valence-electron chi connectivity index (χ2n) is 5.85. The molecular formula is C19H22N2O3. The first kappa shape index (κ1) is 16.5. The summed E-state index contributed by atoms with van der Waals surface area (Å²) in [7, 11) is 0. The van der Waals surface area contributed by atoms with Crippen LogP contribution in [0.2, 0.25) is 0 Å². The molecule has 1 aromatic carbocycles. The molecule has 0 spiro atoms. The molecule has 0 aliphatic carbocycles. The SMILES string of the molecule is O=C(CCc1cccnc1)Nc1ccccc1OCC1CCCO1. The van der Waals surface area contributed by atoms with Gasteiger partial charge in [0.15, 0.2) is 0 Å². The van der Waals surface area contributed by atoms with Crippen molar-refractivity contribution in [2.24, 2.45) is 0 Å². The number of benzene rings is 1. The summed E-state index contributed by atoms with van der Waals surface area (Å²) >= 11 is 0. The fourth-order valence-electron chi connectivity index (χ4n) is 2.67. The molecule has 1 aliphatic rings. The minimum atomic E-state index is -0.0352. The third-order valence-electron chi connectivity index (χ3n) is 3.97. The lowest BCUT2D eigenvalue weighted by Gasteiger charge is -2.15. The quantitative estimate of drug-likeness (QED) is 0.849. The number of aromatic nitrogens is 1. The van der Waals surface area contributed by atoms with Crippen LogP contribution >= 0.6 is 0 Å². The summed E-state index contributed by atoms with van der Waals surface area (Å²) in [5.41, 5.74) is 1.75. The Hall–Kier alpha value is -2.40. The first-order valence-electron chi connectivity index (χ1n) is 8.33. The zero-order valence-corrected chi connectivity index (χ0v) is 13.6. The molecule has 2 heterocycles. The maximum atomic E-state index is 12.2. The third kappa shape index (κ3) is 4.80. The lowest BCUT2D eigenvalue weighted by Crippen LogP contribution is -2.18. The summed E-state index contributed by atoms with van der Waals surface area (Å²) in [6.07, 6.45) is 6.85. The first-order valence-corrected chi connectivity index (χ1v) is 8.33. The van der Waals surface area contributed by atoms with Crippen molar-refractivity contribution in [3.8, 4) is 5.75 Å². The van der Waals surface area contributed by atoms with Gasteiger partial charge < -0.3 is 14.8 Å². The van der Waals surface area contributed by atoms with E-state index in [-0.39, 0.29) is 12.0 Å². The van der Waals surface area contributed by atoms with Gasteiger partial charge in [-0.05, 0) is 43.0 Å². The van der Waals surface area contributed by atoms with Crippen LogP contribution in [0.25, 0.3) is 0 Å². The van der Waals surface area contributed by atoms with Crippen LogP contribution in [0.15, 0.2) is 48.8 Å². The molecule has 1 atom stereocenters. The van der Waals surface area contributed by atoms with Crippen LogP contribution in [0.4, 0.5) is 5.69 Å². The van der Waals surface area contributed by atoms with Crippen molar-refractivity contribution in [3.63, 3.8) is 0 Å². The van der Waals surface area contributed by atoms with E-state index in [1.807, 2.05) is 36.4 Å². The summed E-state index contributed by atoms with van der Waals surface area (Å²) in [6.45, 7) is 1.32. The number of hydrogen-bond donors (Lipinski definition) is 1. The number of nitrogens with one attached hydrogen (secondary N) is 1. The number of pyridine rings is 1. The largest absolute Gasteiger partial charge is 0.489 e. The molecule has 5 nitrogen and oxygen atoms in total. The minimum Gasteiger partial charge on any atom is -0.489 e. The van der Waals surface area contributed by atoms with E-state index in [1.54, 1.807) is 12.4 Å². The fourth-order valence-corrected chi connectivity index (χ4v) is 2.67. The smallest absolute Gasteiger partial charge is 0.224 e. The molecule has 5 heteroatoms. The van der Waals surface area contributed by atoms with Gasteiger partial charge in [-0.25, -0.2) is 0 Å². The van der Waals surface area contributed by atoms with Crippen molar-refractivity contribution >= 4 is 11.6 Å². The number of carbonyl (C=O) groups is 1. The monoisotopic (exact) mass is 326 g/mol. The minimum absolute atomic E-state index is 0.0352. The van der Waals surface area contributed by atoms with Crippen LogP contribution in [0.3, 0.4) is 0 Å². The van der Waals surface area contributed by atoms with Crippen LogP contribution in [0.5, 0.6) is 5.75 Å². The number of rotatable bonds is 7. The van der Waals surface area contributed by atoms with Gasteiger partial charge in [-0.1, -0.05) is 18.2 Å². The van der Waals surface area contributed by atoms with Gasteiger partial charge in [-0.15, -0.1) is 0 Å². The Bertz CT molecular complexity index is 655. The topological polar surface area (TPSA) is 60.5 Å². The molecule has 2 aromatic rings. The van der Waals surface area contributed by atoms with Crippen molar-refractivity contribution < 1.29 is 14.3 Å². The summed E-state index contributed by atoms with van der Waals surface area (Å²) in [5.74, 6) is 0.648. The number of anilines is 1. The highest BCUT2D eigenvalue weighted by Gasteiger charge is 2.17. The molecule has 1 aliphatic heterocycles. The molecule has 1 saturated heterocycles. The van der Waals surface area contributed by atoms with E-state index in [1.165, 1.54) is 0 Å². The van der Waals surface area contributed by atoms with Gasteiger partial charge in [-0.2, -0.15) is 0 Å². The van der Waals surface area contributed by atoms with E-state index in [0.29, 0.717) is 30.9 Å². The number of amides is 1. The van der Waals surface area contributed by atoms with Gasteiger partial charge in [0.2, 0.25) is 5.91 Å². The van der Waals surface area contributed by atoms with Gasteiger partial charge >= 0.3 is 0 Å². The molecule has 0 saturated carbocycles. The highest BCUT2D eigenvalue weighted by Crippen LogP contribution is 2.25. The van der Waals surface area contributed by atoms with Crippen molar-refractivity contribution in [3.05, 3.63) is 54.4 Å². The van der Waals surface area contributed by atoms with Crippen LogP contribution in [-0.2, 0) is 16.0 Å². The molecule has 1 N–H and O–H groups in total. The molecule has 24 heavy (non-hydrogen) atoms. The van der Waals surface area contributed by atoms with Crippen LogP contribution < -0.4 is 10.1 Å². The number of hydrogen-bond acceptors (Lipinski definition) is 4. The molecule has 1 aromatic heterocycles. The Balaban J connectivity index is 1.52. The summed E-state index contributed by atoms with van der Waals surface area (Å²) in [4.78, 5) is 16.2. The highest BCUT2D eigenvalue weighted by molar-refractivity contribution is 5.92. The van der Waals surface area contributed by atoms with Crippen LogP contribution in [0.1, 0.15) is 24.8 Å². The fraction of sp³-hybridized carbons (Fsp3) is 0.368. The van der Waals surface area contributed by atoms with E-state index < -0.39 is 0 Å². The predicted octanol–water partition coefficient (Wildman–Crippen LogP) is 3.21. The summed E-state index contributed by atoms with van der Waals surface area (Å²) in [5, 5.41) is 2.93. The van der Waals surface area contributed by atoms with Gasteiger partial charge in [0.1, 0.15) is 12.4 Å². The van der Waals surface area contributed by atoms with Crippen molar-refractivity contribution in [2.75, 3.05) is 18.5 Å². The summed E-state index contributed by atoms with van der Waals surface area (Å²) in [6, 6.07) is 11.4. The standard InChI is InChI=1S/C19H22N2O3/c22-19(10-9-15-5-3-11-20-13-15)21-17-7-1-2-8-18(17)24-14-16-6-4-12-23-16/h1-3,5,7-8,11,13,16H,4,6,9-10,12,14H2,(H,21,22). The van der Waals surface area contributed by atoms with E-state index in [2.05, 4.69) is 10.3 Å². The second kappa shape index (κ2) is 8.45. The molecular weight excluding hydrogens is 304 g/mol. The normalized spacial score (nSPS) is 16.8. The van der Waals surface area contributed by atoms with Gasteiger partial charge in [-0.3, -0.25) is 9.78 Å². The lowest BCUT2D eigenvalue weighted by molar-refractivity contribution is -0.116.